The number of amides is 1. The number of hydrogen-bond acceptors (Lipinski definition) is 4. The van der Waals surface area contributed by atoms with E-state index in [2.05, 4.69) is 10.4 Å². The van der Waals surface area contributed by atoms with Crippen LogP contribution in [0.25, 0.3) is 5.69 Å². The van der Waals surface area contributed by atoms with Crippen LogP contribution in [-0.2, 0) is 4.79 Å². The van der Waals surface area contributed by atoms with Crippen molar-refractivity contribution in [1.29, 1.82) is 0 Å². The van der Waals surface area contributed by atoms with E-state index >= 15 is 0 Å². The second-order valence-corrected chi connectivity index (χ2v) is 4.95. The standard InChI is InChI=1S/C15H19N3O3/c1-10-5-3-4-6-13(10)18-9-12(7-17-18)15(21)14(20)8-16-11(2)19/h3-7,9,14-15,20-21H,8H2,1-2H3,(H,16,19). The van der Waals surface area contributed by atoms with Crippen molar-refractivity contribution in [2.45, 2.75) is 26.1 Å². The van der Waals surface area contributed by atoms with Gasteiger partial charge in [-0.2, -0.15) is 5.10 Å². The summed E-state index contributed by atoms with van der Waals surface area (Å²) >= 11 is 0. The Labute approximate surface area is 123 Å². The van der Waals surface area contributed by atoms with Crippen LogP contribution in [0.15, 0.2) is 36.7 Å². The number of aromatic nitrogens is 2. The van der Waals surface area contributed by atoms with E-state index < -0.39 is 12.2 Å². The lowest BCUT2D eigenvalue weighted by Gasteiger charge is -2.16. The molecule has 1 heterocycles. The van der Waals surface area contributed by atoms with Crippen molar-refractivity contribution >= 4 is 5.91 Å². The molecule has 0 saturated carbocycles. The summed E-state index contributed by atoms with van der Waals surface area (Å²) in [7, 11) is 0. The van der Waals surface area contributed by atoms with Crippen molar-refractivity contribution in [3.63, 3.8) is 0 Å². The number of nitrogens with one attached hydrogen (secondary N) is 1. The number of aryl methyl sites for hydroxylation is 1. The summed E-state index contributed by atoms with van der Waals surface area (Å²) in [5, 5.41) is 26.6. The molecule has 6 nitrogen and oxygen atoms in total. The number of aliphatic hydroxyl groups is 2. The molecule has 1 aromatic carbocycles. The molecule has 0 aliphatic heterocycles. The van der Waals surface area contributed by atoms with Crippen molar-refractivity contribution in [3.05, 3.63) is 47.8 Å². The van der Waals surface area contributed by atoms with Gasteiger partial charge in [-0.3, -0.25) is 4.79 Å². The summed E-state index contributed by atoms with van der Waals surface area (Å²) in [6.45, 7) is 3.32. The van der Waals surface area contributed by atoms with Crippen molar-refractivity contribution in [2.24, 2.45) is 0 Å². The molecule has 21 heavy (non-hydrogen) atoms. The topological polar surface area (TPSA) is 87.4 Å². The van der Waals surface area contributed by atoms with Crippen molar-refractivity contribution in [3.8, 4) is 5.69 Å². The number of nitrogens with zero attached hydrogens (tertiary/aromatic N) is 2. The van der Waals surface area contributed by atoms with E-state index in [0.717, 1.165) is 11.3 Å². The van der Waals surface area contributed by atoms with Crippen LogP contribution in [-0.4, -0.2) is 38.5 Å². The summed E-state index contributed by atoms with van der Waals surface area (Å²) in [5.74, 6) is -0.253. The Hall–Kier alpha value is -2.18. The number of benzene rings is 1. The molecular formula is C15H19N3O3. The predicted octanol–water partition coefficient (Wildman–Crippen LogP) is 0.711. The number of para-hydroxylation sites is 1. The number of aliphatic hydroxyl groups excluding tert-OH is 2. The molecule has 0 spiro atoms. The molecule has 0 fully saturated rings. The van der Waals surface area contributed by atoms with Gasteiger partial charge in [0.15, 0.2) is 0 Å². The summed E-state index contributed by atoms with van der Waals surface area (Å²) in [4.78, 5) is 10.8. The van der Waals surface area contributed by atoms with Gasteiger partial charge in [-0.15, -0.1) is 0 Å². The van der Waals surface area contributed by atoms with Gasteiger partial charge in [0.25, 0.3) is 0 Å². The van der Waals surface area contributed by atoms with Gasteiger partial charge in [0.1, 0.15) is 12.2 Å². The van der Waals surface area contributed by atoms with Crippen LogP contribution in [0.1, 0.15) is 24.2 Å². The van der Waals surface area contributed by atoms with Crippen molar-refractivity contribution in [2.75, 3.05) is 6.54 Å². The van der Waals surface area contributed by atoms with E-state index in [1.54, 1.807) is 10.9 Å². The summed E-state index contributed by atoms with van der Waals surface area (Å²) in [5.41, 5.74) is 2.46. The van der Waals surface area contributed by atoms with E-state index in [9.17, 15) is 15.0 Å². The zero-order valence-corrected chi connectivity index (χ0v) is 12.0. The molecule has 0 bridgehead atoms. The Morgan fingerprint density at radius 1 is 1.38 bits per heavy atom. The maximum Gasteiger partial charge on any atom is 0.216 e. The van der Waals surface area contributed by atoms with Crippen LogP contribution in [0, 0.1) is 6.92 Å². The molecular weight excluding hydrogens is 270 g/mol. The Morgan fingerprint density at radius 2 is 2.10 bits per heavy atom. The van der Waals surface area contributed by atoms with E-state index in [1.165, 1.54) is 13.1 Å². The van der Waals surface area contributed by atoms with Gasteiger partial charge in [-0.1, -0.05) is 18.2 Å². The fourth-order valence-electron chi connectivity index (χ4n) is 2.02. The van der Waals surface area contributed by atoms with E-state index in [0.29, 0.717) is 5.56 Å². The average Bonchev–Trinajstić information content (AvgIpc) is 2.94. The SMILES string of the molecule is CC(=O)NCC(O)C(O)c1cnn(-c2ccccc2C)c1. The van der Waals surface area contributed by atoms with Crippen LogP contribution in [0.2, 0.25) is 0 Å². The number of hydrogen-bond donors (Lipinski definition) is 3. The molecule has 0 saturated heterocycles. The monoisotopic (exact) mass is 289 g/mol. The first-order chi connectivity index (χ1) is 9.99. The first-order valence-electron chi connectivity index (χ1n) is 6.70. The Balaban J connectivity index is 2.12. The van der Waals surface area contributed by atoms with Crippen molar-refractivity contribution in [1.82, 2.24) is 15.1 Å². The minimum absolute atomic E-state index is 0.00789. The van der Waals surface area contributed by atoms with Gasteiger partial charge < -0.3 is 15.5 Å². The van der Waals surface area contributed by atoms with Gasteiger partial charge in [0, 0.05) is 25.2 Å². The second kappa shape index (κ2) is 6.51. The van der Waals surface area contributed by atoms with Crippen molar-refractivity contribution < 1.29 is 15.0 Å². The van der Waals surface area contributed by atoms with E-state index in [1.807, 2.05) is 31.2 Å². The maximum absolute atomic E-state index is 10.8. The molecule has 0 radical (unpaired) electrons. The Kier molecular flexibility index (Phi) is 4.72. The highest BCUT2D eigenvalue weighted by atomic mass is 16.3. The van der Waals surface area contributed by atoms with E-state index in [4.69, 9.17) is 0 Å². The molecule has 0 aliphatic rings. The highest BCUT2D eigenvalue weighted by Gasteiger charge is 2.20. The van der Waals surface area contributed by atoms with Crippen LogP contribution in [0.4, 0.5) is 0 Å². The molecule has 2 atom stereocenters. The quantitative estimate of drug-likeness (QED) is 0.756. The van der Waals surface area contributed by atoms with Gasteiger partial charge in [-0.25, -0.2) is 4.68 Å². The second-order valence-electron chi connectivity index (χ2n) is 4.95. The fourth-order valence-corrected chi connectivity index (χ4v) is 2.02. The van der Waals surface area contributed by atoms with Crippen LogP contribution < -0.4 is 5.32 Å². The molecule has 3 N–H and O–H groups in total. The van der Waals surface area contributed by atoms with Gasteiger partial charge in [0.05, 0.1) is 11.9 Å². The smallest absolute Gasteiger partial charge is 0.216 e. The Morgan fingerprint density at radius 3 is 2.76 bits per heavy atom. The zero-order valence-electron chi connectivity index (χ0n) is 12.0. The first kappa shape index (κ1) is 15.2. The fraction of sp³-hybridized carbons (Fsp3) is 0.333. The minimum Gasteiger partial charge on any atom is -0.388 e. The van der Waals surface area contributed by atoms with Crippen LogP contribution in [0.5, 0.6) is 0 Å². The highest BCUT2D eigenvalue weighted by Crippen LogP contribution is 2.19. The van der Waals surface area contributed by atoms with E-state index in [-0.39, 0.29) is 12.5 Å². The summed E-state index contributed by atoms with van der Waals surface area (Å²) in [6, 6.07) is 7.74. The third-order valence-corrected chi connectivity index (χ3v) is 3.23. The number of carbonyl (C=O) groups excluding carboxylic acids is 1. The van der Waals surface area contributed by atoms with Gasteiger partial charge in [0.2, 0.25) is 5.91 Å². The molecule has 1 aromatic heterocycles. The maximum atomic E-state index is 10.8. The third-order valence-electron chi connectivity index (χ3n) is 3.23. The normalized spacial score (nSPS) is 13.7. The summed E-state index contributed by atoms with van der Waals surface area (Å²) in [6.07, 6.45) is 0.996. The largest absolute Gasteiger partial charge is 0.388 e. The Bertz CT molecular complexity index is 624. The molecule has 2 aromatic rings. The van der Waals surface area contributed by atoms with Crippen LogP contribution in [0.3, 0.4) is 0 Å². The highest BCUT2D eigenvalue weighted by molar-refractivity contribution is 5.72. The lowest BCUT2D eigenvalue weighted by Crippen LogP contribution is -2.34. The minimum atomic E-state index is -1.10. The lowest BCUT2D eigenvalue weighted by atomic mass is 10.1. The van der Waals surface area contributed by atoms with Gasteiger partial charge >= 0.3 is 0 Å². The summed E-state index contributed by atoms with van der Waals surface area (Å²) < 4.78 is 1.65. The molecule has 2 rings (SSSR count). The zero-order chi connectivity index (χ0) is 15.4. The molecule has 2 unspecified atom stereocenters. The molecule has 6 heteroatoms. The lowest BCUT2D eigenvalue weighted by molar-refractivity contribution is -0.119. The molecule has 1 amide bonds. The average molecular weight is 289 g/mol. The number of rotatable bonds is 5. The molecule has 112 valence electrons. The van der Waals surface area contributed by atoms with Crippen LogP contribution >= 0.6 is 0 Å². The van der Waals surface area contributed by atoms with Gasteiger partial charge in [-0.05, 0) is 18.6 Å². The predicted molar refractivity (Wildman–Crippen MR) is 78.0 cm³/mol. The first-order valence-corrected chi connectivity index (χ1v) is 6.70. The number of carbonyl (C=O) groups is 1. The molecule has 0 aliphatic carbocycles. The third kappa shape index (κ3) is 3.68.